The first-order valence-electron chi connectivity index (χ1n) is 6.43. The van der Waals surface area contributed by atoms with E-state index in [0.29, 0.717) is 12.5 Å². The summed E-state index contributed by atoms with van der Waals surface area (Å²) in [6.45, 7) is 1.68. The minimum absolute atomic E-state index is 0.0290. The molecule has 98 valence electrons. The number of carbonyl (C=O) groups is 1. The highest BCUT2D eigenvalue weighted by Crippen LogP contribution is 2.18. The first-order chi connectivity index (χ1) is 8.79. The zero-order valence-corrected chi connectivity index (χ0v) is 10.7. The van der Waals surface area contributed by atoms with E-state index in [1.807, 2.05) is 24.3 Å². The second-order valence-electron chi connectivity index (χ2n) is 4.52. The number of rotatable bonds is 5. The van der Waals surface area contributed by atoms with Gasteiger partial charge in [-0.3, -0.25) is 4.79 Å². The Kier molecular flexibility index (Phi) is 4.59. The highest BCUT2D eigenvalue weighted by Gasteiger charge is 2.15. The van der Waals surface area contributed by atoms with Crippen LogP contribution in [-0.2, 0) is 16.0 Å². The third-order valence-corrected chi connectivity index (χ3v) is 3.19. The van der Waals surface area contributed by atoms with Crippen molar-refractivity contribution in [1.29, 1.82) is 0 Å². The summed E-state index contributed by atoms with van der Waals surface area (Å²) in [5, 5.41) is 6.03. The lowest BCUT2D eigenvalue weighted by atomic mass is 10.1. The molecule has 18 heavy (non-hydrogen) atoms. The van der Waals surface area contributed by atoms with Gasteiger partial charge >= 0.3 is 0 Å². The van der Waals surface area contributed by atoms with E-state index in [4.69, 9.17) is 4.74 Å². The largest absolute Gasteiger partial charge is 0.382 e. The Balaban J connectivity index is 1.95. The summed E-state index contributed by atoms with van der Waals surface area (Å²) in [7, 11) is 1.66. The Morgan fingerprint density at radius 1 is 1.44 bits per heavy atom. The number of para-hydroxylation sites is 1. The van der Waals surface area contributed by atoms with Crippen LogP contribution in [-0.4, -0.2) is 32.2 Å². The highest BCUT2D eigenvalue weighted by molar-refractivity contribution is 5.80. The number of benzene rings is 1. The molecule has 0 bridgehead atoms. The minimum Gasteiger partial charge on any atom is -0.382 e. The SMILES string of the molecule is CNC(=O)Cc1ccccc1NCC1CCCO1. The maximum absolute atomic E-state index is 11.4. The normalized spacial score (nSPS) is 18.6. The molecule has 1 aliphatic heterocycles. The summed E-state index contributed by atoms with van der Waals surface area (Å²) in [6, 6.07) is 7.92. The number of ether oxygens (including phenoxy) is 1. The monoisotopic (exact) mass is 248 g/mol. The number of anilines is 1. The molecule has 0 aromatic heterocycles. The van der Waals surface area contributed by atoms with Crippen LogP contribution in [0.2, 0.25) is 0 Å². The van der Waals surface area contributed by atoms with Crippen molar-refractivity contribution in [2.75, 3.05) is 25.5 Å². The van der Waals surface area contributed by atoms with Crippen molar-refractivity contribution in [2.45, 2.75) is 25.4 Å². The smallest absolute Gasteiger partial charge is 0.224 e. The lowest BCUT2D eigenvalue weighted by molar-refractivity contribution is -0.119. The predicted molar refractivity (Wildman–Crippen MR) is 71.7 cm³/mol. The van der Waals surface area contributed by atoms with Gasteiger partial charge in [-0.1, -0.05) is 18.2 Å². The molecule has 1 aromatic carbocycles. The van der Waals surface area contributed by atoms with Gasteiger partial charge in [0.1, 0.15) is 0 Å². The van der Waals surface area contributed by atoms with Crippen molar-refractivity contribution in [2.24, 2.45) is 0 Å². The van der Waals surface area contributed by atoms with E-state index >= 15 is 0 Å². The molecule has 2 N–H and O–H groups in total. The first-order valence-corrected chi connectivity index (χ1v) is 6.43. The number of amides is 1. The van der Waals surface area contributed by atoms with Crippen molar-refractivity contribution >= 4 is 11.6 Å². The molecule has 1 heterocycles. The van der Waals surface area contributed by atoms with E-state index in [-0.39, 0.29) is 5.91 Å². The predicted octanol–water partition coefficient (Wildman–Crippen LogP) is 1.57. The highest BCUT2D eigenvalue weighted by atomic mass is 16.5. The Morgan fingerprint density at radius 2 is 2.28 bits per heavy atom. The Labute approximate surface area is 108 Å². The van der Waals surface area contributed by atoms with E-state index in [9.17, 15) is 4.79 Å². The molecule has 0 spiro atoms. The molecule has 4 nitrogen and oxygen atoms in total. The maximum Gasteiger partial charge on any atom is 0.224 e. The van der Waals surface area contributed by atoms with Gasteiger partial charge in [0.25, 0.3) is 0 Å². The van der Waals surface area contributed by atoms with Crippen LogP contribution in [0.4, 0.5) is 5.69 Å². The fourth-order valence-electron chi connectivity index (χ4n) is 2.14. The standard InChI is InChI=1S/C14H20N2O2/c1-15-14(17)9-11-5-2-3-7-13(11)16-10-12-6-4-8-18-12/h2-3,5,7,12,16H,4,6,8-10H2,1H3,(H,15,17). The van der Waals surface area contributed by atoms with Gasteiger partial charge in [0.05, 0.1) is 12.5 Å². The van der Waals surface area contributed by atoms with Crippen LogP contribution >= 0.6 is 0 Å². The van der Waals surface area contributed by atoms with Crippen LogP contribution in [0.1, 0.15) is 18.4 Å². The van der Waals surface area contributed by atoms with Crippen LogP contribution in [0.5, 0.6) is 0 Å². The third kappa shape index (κ3) is 3.47. The van der Waals surface area contributed by atoms with Gasteiger partial charge in [-0.05, 0) is 24.5 Å². The number of likely N-dealkylation sites (N-methyl/N-ethyl adjacent to an activating group) is 1. The second kappa shape index (κ2) is 6.40. The topological polar surface area (TPSA) is 50.4 Å². The van der Waals surface area contributed by atoms with Crippen molar-refractivity contribution < 1.29 is 9.53 Å². The van der Waals surface area contributed by atoms with Crippen LogP contribution < -0.4 is 10.6 Å². The van der Waals surface area contributed by atoms with E-state index in [1.165, 1.54) is 0 Å². The summed E-state index contributed by atoms with van der Waals surface area (Å²) in [5.41, 5.74) is 2.05. The van der Waals surface area contributed by atoms with E-state index in [1.54, 1.807) is 7.05 Å². The fourth-order valence-corrected chi connectivity index (χ4v) is 2.14. The van der Waals surface area contributed by atoms with Gasteiger partial charge in [0.2, 0.25) is 5.91 Å². The van der Waals surface area contributed by atoms with Crippen LogP contribution in [0.3, 0.4) is 0 Å². The molecule has 0 aliphatic carbocycles. The van der Waals surface area contributed by atoms with E-state index < -0.39 is 0 Å². The second-order valence-corrected chi connectivity index (χ2v) is 4.52. The molecule has 2 rings (SSSR count). The molecule has 1 aliphatic rings. The molecule has 1 saturated heterocycles. The van der Waals surface area contributed by atoms with E-state index in [2.05, 4.69) is 10.6 Å². The van der Waals surface area contributed by atoms with Crippen LogP contribution in [0.25, 0.3) is 0 Å². The minimum atomic E-state index is 0.0290. The average Bonchev–Trinajstić information content (AvgIpc) is 2.91. The van der Waals surface area contributed by atoms with Crippen LogP contribution in [0, 0.1) is 0 Å². The molecule has 1 atom stereocenters. The number of hydrogen-bond donors (Lipinski definition) is 2. The Hall–Kier alpha value is -1.55. The van der Waals surface area contributed by atoms with Crippen LogP contribution in [0.15, 0.2) is 24.3 Å². The summed E-state index contributed by atoms with van der Waals surface area (Å²) in [6.07, 6.45) is 2.97. The molecular formula is C14H20N2O2. The number of nitrogens with one attached hydrogen (secondary N) is 2. The lowest BCUT2D eigenvalue weighted by Crippen LogP contribution is -2.22. The molecule has 4 heteroatoms. The van der Waals surface area contributed by atoms with Crippen molar-refractivity contribution in [1.82, 2.24) is 5.32 Å². The molecule has 0 saturated carbocycles. The first kappa shape index (κ1) is 12.9. The fraction of sp³-hybridized carbons (Fsp3) is 0.500. The van der Waals surface area contributed by atoms with Gasteiger partial charge in [0.15, 0.2) is 0 Å². The molecule has 1 fully saturated rings. The van der Waals surface area contributed by atoms with E-state index in [0.717, 1.165) is 37.2 Å². The van der Waals surface area contributed by atoms with Gasteiger partial charge in [-0.15, -0.1) is 0 Å². The molecule has 1 unspecified atom stereocenters. The molecule has 0 radical (unpaired) electrons. The maximum atomic E-state index is 11.4. The molecular weight excluding hydrogens is 228 g/mol. The van der Waals surface area contributed by atoms with Crippen molar-refractivity contribution in [3.63, 3.8) is 0 Å². The van der Waals surface area contributed by atoms with Crippen molar-refractivity contribution in [3.8, 4) is 0 Å². The number of hydrogen-bond acceptors (Lipinski definition) is 3. The van der Waals surface area contributed by atoms with Gasteiger partial charge < -0.3 is 15.4 Å². The summed E-state index contributed by atoms with van der Waals surface area (Å²) < 4.78 is 5.58. The van der Waals surface area contributed by atoms with Gasteiger partial charge in [0, 0.05) is 25.9 Å². The Bertz CT molecular complexity index is 401. The summed E-state index contributed by atoms with van der Waals surface area (Å²) in [4.78, 5) is 11.4. The zero-order valence-electron chi connectivity index (χ0n) is 10.7. The zero-order chi connectivity index (χ0) is 12.8. The summed E-state index contributed by atoms with van der Waals surface area (Å²) in [5.74, 6) is 0.0290. The van der Waals surface area contributed by atoms with Gasteiger partial charge in [-0.2, -0.15) is 0 Å². The quantitative estimate of drug-likeness (QED) is 0.831. The third-order valence-electron chi connectivity index (χ3n) is 3.19. The van der Waals surface area contributed by atoms with Crippen molar-refractivity contribution in [3.05, 3.63) is 29.8 Å². The lowest BCUT2D eigenvalue weighted by Gasteiger charge is -2.14. The molecule has 1 amide bonds. The molecule has 1 aromatic rings. The Morgan fingerprint density at radius 3 is 3.00 bits per heavy atom. The number of carbonyl (C=O) groups excluding carboxylic acids is 1. The van der Waals surface area contributed by atoms with Gasteiger partial charge in [-0.25, -0.2) is 0 Å². The summed E-state index contributed by atoms with van der Waals surface area (Å²) >= 11 is 0. The average molecular weight is 248 g/mol.